The van der Waals surface area contributed by atoms with E-state index in [1.165, 1.54) is 22.3 Å². The molecule has 6 heteroatoms. The highest BCUT2D eigenvalue weighted by Gasteiger charge is 2.39. The Morgan fingerprint density at radius 1 is 0.929 bits per heavy atom. The number of nitrogens with zero attached hydrogens (tertiary/aromatic N) is 3. The number of benzene rings is 2. The lowest BCUT2D eigenvalue weighted by atomic mass is 10.1. The van der Waals surface area contributed by atoms with Crippen LogP contribution in [0.5, 0.6) is 0 Å². The van der Waals surface area contributed by atoms with Crippen LogP contribution in [0.25, 0.3) is 0 Å². The van der Waals surface area contributed by atoms with Crippen molar-refractivity contribution in [3.8, 4) is 0 Å². The molecule has 4 rings (SSSR count). The van der Waals surface area contributed by atoms with E-state index in [0.29, 0.717) is 6.54 Å². The Balaban J connectivity index is 1.70. The standard InChI is InChI=1S/C22H23N3OS2/c1-4-24-17-13-9-10-14-18(17)27-21(24)19-20(26)25(5-2)22(28-19)23-15(3)16-11-7-6-8-12-16/h6-15H,4-5H2,1-3H3/b21-19-,23-22?/t15-/m1/s1. The molecule has 1 amide bonds. The number of carbonyl (C=O) groups is 1. The third kappa shape index (κ3) is 3.35. The second-order valence-electron chi connectivity index (χ2n) is 6.60. The van der Waals surface area contributed by atoms with E-state index in [1.807, 2.05) is 37.3 Å². The van der Waals surface area contributed by atoms with Crippen LogP contribution in [0.4, 0.5) is 5.69 Å². The van der Waals surface area contributed by atoms with E-state index >= 15 is 0 Å². The molecule has 0 unspecified atom stereocenters. The van der Waals surface area contributed by atoms with E-state index in [-0.39, 0.29) is 11.9 Å². The summed E-state index contributed by atoms with van der Waals surface area (Å²) < 4.78 is 0. The summed E-state index contributed by atoms with van der Waals surface area (Å²) in [6.45, 7) is 7.65. The van der Waals surface area contributed by atoms with Crippen LogP contribution in [0.15, 0.2) is 74.4 Å². The van der Waals surface area contributed by atoms with Gasteiger partial charge in [-0.05, 0) is 50.2 Å². The van der Waals surface area contributed by atoms with Crippen molar-refractivity contribution in [1.82, 2.24) is 4.90 Å². The van der Waals surface area contributed by atoms with Gasteiger partial charge in [0.15, 0.2) is 5.17 Å². The molecule has 1 atom stereocenters. The van der Waals surface area contributed by atoms with Crippen LogP contribution in [0.1, 0.15) is 32.4 Å². The molecule has 2 aromatic rings. The van der Waals surface area contributed by atoms with Crippen molar-refractivity contribution in [1.29, 1.82) is 0 Å². The number of carbonyl (C=O) groups excluding carboxylic acids is 1. The Bertz CT molecular complexity index is 955. The molecule has 2 heterocycles. The van der Waals surface area contributed by atoms with Crippen molar-refractivity contribution in [2.75, 3.05) is 18.0 Å². The number of anilines is 1. The number of thioether (sulfide) groups is 2. The van der Waals surface area contributed by atoms with Crippen LogP contribution in [-0.2, 0) is 4.79 Å². The third-order valence-electron chi connectivity index (χ3n) is 4.88. The van der Waals surface area contributed by atoms with Crippen LogP contribution in [0, 0.1) is 0 Å². The van der Waals surface area contributed by atoms with Crippen LogP contribution in [0.2, 0.25) is 0 Å². The molecule has 2 aliphatic heterocycles. The van der Waals surface area contributed by atoms with Crippen molar-refractivity contribution in [2.45, 2.75) is 31.7 Å². The van der Waals surface area contributed by atoms with Gasteiger partial charge in [-0.25, -0.2) is 0 Å². The fraction of sp³-hybridized carbons (Fsp3) is 0.273. The summed E-state index contributed by atoms with van der Waals surface area (Å²) in [6.07, 6.45) is 0. The zero-order valence-corrected chi connectivity index (χ0v) is 17.9. The smallest absolute Gasteiger partial charge is 0.269 e. The maximum atomic E-state index is 13.2. The van der Waals surface area contributed by atoms with E-state index in [4.69, 9.17) is 4.99 Å². The van der Waals surface area contributed by atoms with E-state index in [0.717, 1.165) is 27.2 Å². The monoisotopic (exact) mass is 409 g/mol. The molecule has 1 saturated heterocycles. The molecule has 0 bridgehead atoms. The molecule has 144 valence electrons. The first-order chi connectivity index (χ1) is 13.6. The maximum Gasteiger partial charge on any atom is 0.269 e. The first-order valence-corrected chi connectivity index (χ1v) is 11.2. The number of likely N-dealkylation sites (N-methyl/N-ethyl adjacent to an activating group) is 1. The molecule has 0 aliphatic carbocycles. The van der Waals surface area contributed by atoms with E-state index in [2.05, 4.69) is 43.0 Å². The second-order valence-corrected chi connectivity index (χ2v) is 8.61. The average molecular weight is 410 g/mol. The molecular formula is C22H23N3OS2. The van der Waals surface area contributed by atoms with Crippen molar-refractivity contribution in [3.05, 3.63) is 70.1 Å². The van der Waals surface area contributed by atoms with E-state index in [1.54, 1.807) is 16.7 Å². The van der Waals surface area contributed by atoms with Gasteiger partial charge in [-0.15, -0.1) is 0 Å². The average Bonchev–Trinajstić information content (AvgIpc) is 3.25. The molecule has 0 N–H and O–H groups in total. The zero-order valence-electron chi connectivity index (χ0n) is 16.3. The van der Waals surface area contributed by atoms with Gasteiger partial charge in [-0.2, -0.15) is 0 Å². The SMILES string of the molecule is CCN1C(=O)/C(=C2/Sc3ccccc3N2CC)SC1=N[C@H](C)c1ccccc1. The molecule has 4 nitrogen and oxygen atoms in total. The number of para-hydroxylation sites is 1. The normalized spacial score (nSPS) is 21.5. The third-order valence-corrected chi connectivity index (χ3v) is 7.28. The summed E-state index contributed by atoms with van der Waals surface area (Å²) in [4.78, 5) is 24.1. The largest absolute Gasteiger partial charge is 0.334 e. The zero-order chi connectivity index (χ0) is 19.7. The van der Waals surface area contributed by atoms with Gasteiger partial charge < -0.3 is 4.90 Å². The molecule has 1 fully saturated rings. The number of rotatable bonds is 4. The second kappa shape index (κ2) is 8.05. The fourth-order valence-electron chi connectivity index (χ4n) is 3.40. The first-order valence-electron chi connectivity index (χ1n) is 9.55. The lowest BCUT2D eigenvalue weighted by Crippen LogP contribution is -2.30. The molecule has 2 aliphatic rings. The predicted molar refractivity (Wildman–Crippen MR) is 120 cm³/mol. The minimum absolute atomic E-state index is 0.00519. The Kier molecular flexibility index (Phi) is 5.51. The van der Waals surface area contributed by atoms with Gasteiger partial charge in [0.2, 0.25) is 0 Å². The Morgan fingerprint density at radius 2 is 1.61 bits per heavy atom. The maximum absolute atomic E-state index is 13.2. The summed E-state index contributed by atoms with van der Waals surface area (Å²) in [5, 5.41) is 1.81. The molecular weight excluding hydrogens is 386 g/mol. The number of amides is 1. The summed E-state index contributed by atoms with van der Waals surface area (Å²) >= 11 is 3.19. The van der Waals surface area contributed by atoms with Gasteiger partial charge in [0.05, 0.1) is 11.7 Å². The van der Waals surface area contributed by atoms with Crippen molar-refractivity contribution in [3.63, 3.8) is 0 Å². The van der Waals surface area contributed by atoms with E-state index in [9.17, 15) is 4.79 Å². The van der Waals surface area contributed by atoms with Gasteiger partial charge >= 0.3 is 0 Å². The number of hydrogen-bond donors (Lipinski definition) is 0. The quantitative estimate of drug-likeness (QED) is 0.625. The van der Waals surface area contributed by atoms with Crippen LogP contribution < -0.4 is 4.90 Å². The summed E-state index contributed by atoms with van der Waals surface area (Å²) in [5.41, 5.74) is 2.33. The highest BCUT2D eigenvalue weighted by Crippen LogP contribution is 2.50. The Labute approximate surface area is 174 Å². The number of hydrogen-bond acceptors (Lipinski definition) is 5. The van der Waals surface area contributed by atoms with Gasteiger partial charge in [0.25, 0.3) is 5.91 Å². The first kappa shape index (κ1) is 19.2. The van der Waals surface area contributed by atoms with Crippen LogP contribution >= 0.6 is 23.5 Å². The minimum atomic E-state index is 0.00519. The highest BCUT2D eigenvalue weighted by molar-refractivity contribution is 8.19. The van der Waals surface area contributed by atoms with Crippen molar-refractivity contribution >= 4 is 40.3 Å². The minimum Gasteiger partial charge on any atom is -0.334 e. The van der Waals surface area contributed by atoms with E-state index < -0.39 is 0 Å². The van der Waals surface area contributed by atoms with Crippen molar-refractivity contribution < 1.29 is 4.79 Å². The number of fused-ring (bicyclic) bond motifs is 1. The molecule has 0 aromatic heterocycles. The van der Waals surface area contributed by atoms with Crippen molar-refractivity contribution in [2.24, 2.45) is 4.99 Å². The topological polar surface area (TPSA) is 35.9 Å². The summed E-state index contributed by atoms with van der Waals surface area (Å²) in [5.74, 6) is 0.0558. The van der Waals surface area contributed by atoms with Crippen LogP contribution in [-0.4, -0.2) is 29.1 Å². The lowest BCUT2D eigenvalue weighted by Gasteiger charge is -2.19. The molecule has 0 spiro atoms. The van der Waals surface area contributed by atoms with Gasteiger partial charge in [0.1, 0.15) is 9.93 Å². The summed E-state index contributed by atoms with van der Waals surface area (Å²) in [6, 6.07) is 18.5. The Morgan fingerprint density at radius 3 is 2.32 bits per heavy atom. The molecule has 2 aromatic carbocycles. The Hall–Kier alpha value is -2.18. The number of amidine groups is 1. The predicted octanol–water partition coefficient (Wildman–Crippen LogP) is 5.50. The summed E-state index contributed by atoms with van der Waals surface area (Å²) in [7, 11) is 0. The molecule has 0 saturated carbocycles. The van der Waals surface area contributed by atoms with Gasteiger partial charge in [-0.3, -0.25) is 14.7 Å². The lowest BCUT2D eigenvalue weighted by molar-refractivity contribution is -0.122. The fourth-order valence-corrected chi connectivity index (χ4v) is 5.92. The highest BCUT2D eigenvalue weighted by atomic mass is 32.2. The molecule has 28 heavy (non-hydrogen) atoms. The van der Waals surface area contributed by atoms with Gasteiger partial charge in [0, 0.05) is 18.0 Å². The van der Waals surface area contributed by atoms with Gasteiger partial charge in [-0.1, -0.05) is 54.2 Å². The molecule has 0 radical (unpaired) electrons. The van der Waals surface area contributed by atoms with Crippen LogP contribution in [0.3, 0.4) is 0 Å². The number of aliphatic imine (C=N–C) groups is 1.